The summed E-state index contributed by atoms with van der Waals surface area (Å²) in [6, 6.07) is 5.34. The molecule has 2 bridgehead atoms. The third-order valence-electron chi connectivity index (χ3n) is 4.12. The Kier molecular flexibility index (Phi) is 3.98. The Bertz CT molecular complexity index is 578. The molecular weight excluding hydrogens is 289 g/mol. The van der Waals surface area contributed by atoms with Crippen molar-refractivity contribution < 1.29 is 18.7 Å². The van der Waals surface area contributed by atoms with Crippen LogP contribution >= 0.6 is 0 Å². The molecule has 2 saturated heterocycles. The van der Waals surface area contributed by atoms with Crippen molar-refractivity contribution in [2.45, 2.75) is 18.6 Å². The first-order chi connectivity index (χ1) is 10.6. The molecule has 3 rings (SSSR count). The lowest BCUT2D eigenvalue weighted by atomic mass is 10.00. The second kappa shape index (κ2) is 5.92. The Morgan fingerprint density at radius 1 is 1.27 bits per heavy atom. The zero-order valence-electron chi connectivity index (χ0n) is 12.2. The molecule has 0 aromatic heterocycles. The maximum atomic E-state index is 12.9. The second-order valence-corrected chi connectivity index (χ2v) is 5.60. The van der Waals surface area contributed by atoms with E-state index >= 15 is 0 Å². The summed E-state index contributed by atoms with van der Waals surface area (Å²) in [7, 11) is 1.60. The zero-order chi connectivity index (χ0) is 15.7. The van der Waals surface area contributed by atoms with Gasteiger partial charge in [0.25, 0.3) is 0 Å². The van der Waals surface area contributed by atoms with E-state index in [1.165, 1.54) is 24.3 Å². The Balaban J connectivity index is 1.63. The standard InChI is InChI=1S/C15H18FN3O3/c1-17-14(20)12-6-11-7-19(8-13(12)22-11)15(21)18-10-4-2-9(16)3-5-10/h2-5,11-13H,6-8H2,1H3,(H,17,20)(H,18,21)/t11-,12-,13-/m0/s1. The van der Waals surface area contributed by atoms with Crippen LogP contribution < -0.4 is 10.6 Å². The first-order valence-electron chi connectivity index (χ1n) is 7.25. The van der Waals surface area contributed by atoms with E-state index < -0.39 is 0 Å². The number of anilines is 1. The van der Waals surface area contributed by atoms with E-state index in [0.29, 0.717) is 25.2 Å². The van der Waals surface area contributed by atoms with Crippen LogP contribution in [-0.2, 0) is 9.53 Å². The zero-order valence-corrected chi connectivity index (χ0v) is 12.2. The number of halogens is 1. The van der Waals surface area contributed by atoms with Gasteiger partial charge in [-0.2, -0.15) is 0 Å². The average molecular weight is 307 g/mol. The van der Waals surface area contributed by atoms with E-state index in [1.54, 1.807) is 11.9 Å². The van der Waals surface area contributed by atoms with Crippen LogP contribution in [0.25, 0.3) is 0 Å². The molecule has 0 spiro atoms. The second-order valence-electron chi connectivity index (χ2n) is 5.60. The minimum Gasteiger partial charge on any atom is -0.370 e. The number of fused-ring (bicyclic) bond motifs is 2. The van der Waals surface area contributed by atoms with Gasteiger partial charge in [0.05, 0.1) is 18.1 Å². The third kappa shape index (κ3) is 2.89. The molecule has 1 aromatic rings. The fourth-order valence-electron chi connectivity index (χ4n) is 3.02. The van der Waals surface area contributed by atoms with E-state index in [-0.39, 0.29) is 35.9 Å². The summed E-state index contributed by atoms with van der Waals surface area (Å²) >= 11 is 0. The number of amides is 3. The summed E-state index contributed by atoms with van der Waals surface area (Å²) in [6.45, 7) is 0.832. The smallest absolute Gasteiger partial charge is 0.322 e. The molecule has 2 aliphatic heterocycles. The Labute approximate surface area is 127 Å². The van der Waals surface area contributed by atoms with Crippen LogP contribution in [0, 0.1) is 11.7 Å². The van der Waals surface area contributed by atoms with Crippen molar-refractivity contribution in [2.24, 2.45) is 5.92 Å². The van der Waals surface area contributed by atoms with E-state index in [0.717, 1.165) is 0 Å². The molecule has 0 unspecified atom stereocenters. The number of rotatable bonds is 2. The SMILES string of the molecule is CNC(=O)[C@H]1C[C@H]2CN(C(=O)Nc3ccc(F)cc3)C[C@@H]1O2. The maximum Gasteiger partial charge on any atom is 0.322 e. The van der Waals surface area contributed by atoms with Crippen LogP contribution in [0.15, 0.2) is 24.3 Å². The van der Waals surface area contributed by atoms with Crippen LogP contribution in [0.2, 0.25) is 0 Å². The van der Waals surface area contributed by atoms with E-state index in [2.05, 4.69) is 10.6 Å². The van der Waals surface area contributed by atoms with Crippen molar-refractivity contribution in [2.75, 3.05) is 25.5 Å². The predicted molar refractivity (Wildman–Crippen MR) is 77.8 cm³/mol. The first kappa shape index (κ1) is 14.8. The van der Waals surface area contributed by atoms with Crippen LogP contribution in [0.1, 0.15) is 6.42 Å². The fraction of sp³-hybridized carbons (Fsp3) is 0.467. The van der Waals surface area contributed by atoms with Crippen LogP contribution in [-0.4, -0.2) is 49.2 Å². The van der Waals surface area contributed by atoms with Gasteiger partial charge in [-0.05, 0) is 30.7 Å². The van der Waals surface area contributed by atoms with E-state index in [4.69, 9.17) is 4.74 Å². The van der Waals surface area contributed by atoms with Gasteiger partial charge in [0.1, 0.15) is 5.82 Å². The fourth-order valence-corrected chi connectivity index (χ4v) is 3.02. The summed E-state index contributed by atoms with van der Waals surface area (Å²) in [4.78, 5) is 25.7. The molecule has 0 saturated carbocycles. The van der Waals surface area contributed by atoms with E-state index in [9.17, 15) is 14.0 Å². The van der Waals surface area contributed by atoms with Crippen molar-refractivity contribution in [3.63, 3.8) is 0 Å². The molecule has 1 aromatic carbocycles. The summed E-state index contributed by atoms with van der Waals surface area (Å²) in [5.41, 5.74) is 0.535. The number of ether oxygens (including phenoxy) is 1. The van der Waals surface area contributed by atoms with Crippen molar-refractivity contribution >= 4 is 17.6 Å². The minimum absolute atomic E-state index is 0.0479. The molecule has 22 heavy (non-hydrogen) atoms. The Morgan fingerprint density at radius 2 is 2.00 bits per heavy atom. The van der Waals surface area contributed by atoms with Crippen LogP contribution in [0.5, 0.6) is 0 Å². The minimum atomic E-state index is -0.351. The number of morpholine rings is 1. The molecule has 2 N–H and O–H groups in total. The predicted octanol–water partition coefficient (Wildman–Crippen LogP) is 1.19. The summed E-state index contributed by atoms with van der Waals surface area (Å²) in [6.07, 6.45) is 0.252. The summed E-state index contributed by atoms with van der Waals surface area (Å²) < 4.78 is 18.6. The van der Waals surface area contributed by atoms with Gasteiger partial charge < -0.3 is 20.3 Å². The number of likely N-dealkylation sites (tertiary alicyclic amines) is 1. The number of carbonyl (C=O) groups excluding carboxylic acids is 2. The van der Waals surface area contributed by atoms with Crippen molar-refractivity contribution in [1.82, 2.24) is 10.2 Å². The molecular formula is C15H18FN3O3. The van der Waals surface area contributed by atoms with E-state index in [1.807, 2.05) is 0 Å². The molecule has 2 heterocycles. The quantitative estimate of drug-likeness (QED) is 0.862. The summed E-state index contributed by atoms with van der Waals surface area (Å²) in [5, 5.41) is 5.37. The van der Waals surface area contributed by atoms with Gasteiger partial charge in [-0.3, -0.25) is 4.79 Å². The van der Waals surface area contributed by atoms with Crippen LogP contribution in [0.4, 0.5) is 14.9 Å². The molecule has 0 radical (unpaired) electrons. The number of nitrogens with one attached hydrogen (secondary N) is 2. The molecule has 6 nitrogen and oxygen atoms in total. The highest BCUT2D eigenvalue weighted by Gasteiger charge is 2.45. The lowest BCUT2D eigenvalue weighted by molar-refractivity contribution is -0.127. The van der Waals surface area contributed by atoms with Crippen LogP contribution in [0.3, 0.4) is 0 Å². The molecule has 3 atom stereocenters. The highest BCUT2D eigenvalue weighted by atomic mass is 19.1. The topological polar surface area (TPSA) is 70.7 Å². The number of benzene rings is 1. The van der Waals surface area contributed by atoms with Gasteiger partial charge >= 0.3 is 6.03 Å². The molecule has 118 valence electrons. The molecule has 2 aliphatic rings. The lowest BCUT2D eigenvalue weighted by Gasteiger charge is -2.32. The van der Waals surface area contributed by atoms with Gasteiger partial charge in [0, 0.05) is 25.8 Å². The van der Waals surface area contributed by atoms with Gasteiger partial charge in [-0.25, -0.2) is 9.18 Å². The number of hydrogen-bond acceptors (Lipinski definition) is 3. The third-order valence-corrected chi connectivity index (χ3v) is 4.12. The highest BCUT2D eigenvalue weighted by Crippen LogP contribution is 2.32. The molecule has 7 heteroatoms. The largest absolute Gasteiger partial charge is 0.370 e. The number of nitrogens with zero attached hydrogens (tertiary/aromatic N) is 1. The van der Waals surface area contributed by atoms with Crippen molar-refractivity contribution in [1.29, 1.82) is 0 Å². The molecule has 2 fully saturated rings. The Morgan fingerprint density at radius 3 is 2.68 bits per heavy atom. The maximum absolute atomic E-state index is 12.9. The van der Waals surface area contributed by atoms with Gasteiger partial charge in [-0.15, -0.1) is 0 Å². The lowest BCUT2D eigenvalue weighted by Crippen LogP contribution is -2.49. The van der Waals surface area contributed by atoms with Gasteiger partial charge in [0.15, 0.2) is 0 Å². The molecule has 0 aliphatic carbocycles. The van der Waals surface area contributed by atoms with Gasteiger partial charge in [0.2, 0.25) is 5.91 Å². The average Bonchev–Trinajstić information content (AvgIpc) is 2.82. The Hall–Kier alpha value is -2.15. The van der Waals surface area contributed by atoms with Gasteiger partial charge in [-0.1, -0.05) is 0 Å². The van der Waals surface area contributed by atoms with Crippen molar-refractivity contribution in [3.8, 4) is 0 Å². The normalized spacial score (nSPS) is 26.6. The summed E-state index contributed by atoms with van der Waals surface area (Å²) in [5.74, 6) is -0.609. The number of carbonyl (C=O) groups is 2. The van der Waals surface area contributed by atoms with Crippen molar-refractivity contribution in [3.05, 3.63) is 30.1 Å². The first-order valence-corrected chi connectivity index (χ1v) is 7.25. The monoisotopic (exact) mass is 307 g/mol. The number of hydrogen-bond donors (Lipinski definition) is 2. The number of urea groups is 1. The molecule has 3 amide bonds. The highest BCUT2D eigenvalue weighted by molar-refractivity contribution is 5.89.